The van der Waals surface area contributed by atoms with Crippen molar-refractivity contribution in [2.45, 2.75) is 32.7 Å². The van der Waals surface area contributed by atoms with E-state index in [1.54, 1.807) is 0 Å². The van der Waals surface area contributed by atoms with Crippen LogP contribution in [0, 0.1) is 17.8 Å². The minimum Gasteiger partial charge on any atom is -0.303 e. The van der Waals surface area contributed by atoms with Crippen LogP contribution in [0.4, 0.5) is 0 Å². The van der Waals surface area contributed by atoms with Crippen molar-refractivity contribution in [1.82, 2.24) is 5.32 Å². The minimum atomic E-state index is 0.783. The van der Waals surface area contributed by atoms with Crippen molar-refractivity contribution in [3.05, 3.63) is 0 Å². The van der Waals surface area contributed by atoms with Gasteiger partial charge in [0.15, 0.2) is 0 Å². The zero-order valence-corrected chi connectivity index (χ0v) is 6.78. The van der Waals surface area contributed by atoms with Crippen LogP contribution >= 0.6 is 0 Å². The Kier molecular flexibility index (Phi) is 2.77. The van der Waals surface area contributed by atoms with Crippen LogP contribution < -0.4 is 5.32 Å². The Hall–Kier alpha value is -0.480. The molecule has 1 saturated carbocycles. The predicted octanol–water partition coefficient (Wildman–Crippen LogP) is 1.40. The highest BCUT2D eigenvalue weighted by atomic mass is 15.0. The van der Waals surface area contributed by atoms with Crippen molar-refractivity contribution in [3.8, 4) is 11.8 Å². The third kappa shape index (κ3) is 2.04. The van der Waals surface area contributed by atoms with Crippen molar-refractivity contribution in [3.63, 3.8) is 0 Å². The first-order valence-corrected chi connectivity index (χ1v) is 4.01. The zero-order chi connectivity index (χ0) is 7.40. The molecule has 0 aromatic rings. The summed E-state index contributed by atoms with van der Waals surface area (Å²) in [6.45, 7) is 5.00. The van der Waals surface area contributed by atoms with Crippen LogP contribution in [-0.2, 0) is 0 Å². The van der Waals surface area contributed by atoms with E-state index in [9.17, 15) is 0 Å². The molecule has 1 aliphatic rings. The van der Waals surface area contributed by atoms with Gasteiger partial charge in [0, 0.05) is 6.04 Å². The monoisotopic (exact) mass is 137 g/mol. The summed E-state index contributed by atoms with van der Waals surface area (Å²) in [7, 11) is 0. The van der Waals surface area contributed by atoms with Crippen LogP contribution in [0.1, 0.15) is 26.7 Å². The van der Waals surface area contributed by atoms with E-state index in [2.05, 4.69) is 24.1 Å². The maximum atomic E-state index is 3.38. The molecule has 1 aliphatic carbocycles. The summed E-state index contributed by atoms with van der Waals surface area (Å²) in [5.74, 6) is 6.82. The third-order valence-corrected chi connectivity index (χ3v) is 2.08. The van der Waals surface area contributed by atoms with E-state index in [1.807, 2.05) is 6.92 Å². The number of rotatable bonds is 3. The van der Waals surface area contributed by atoms with Crippen LogP contribution in [0.5, 0.6) is 0 Å². The molecule has 56 valence electrons. The maximum Gasteiger partial charge on any atom is 0.0578 e. The molecular weight excluding hydrogens is 122 g/mol. The third-order valence-electron chi connectivity index (χ3n) is 2.08. The quantitative estimate of drug-likeness (QED) is 0.580. The highest BCUT2D eigenvalue weighted by Crippen LogP contribution is 2.32. The highest BCUT2D eigenvalue weighted by Gasteiger charge is 2.33. The molecule has 1 fully saturated rings. The summed E-state index contributed by atoms with van der Waals surface area (Å²) < 4.78 is 0. The lowest BCUT2D eigenvalue weighted by atomic mass is 10.3. The average molecular weight is 137 g/mol. The Morgan fingerprint density at radius 1 is 1.60 bits per heavy atom. The van der Waals surface area contributed by atoms with E-state index in [4.69, 9.17) is 0 Å². The SMILES string of the molecule is CC#CCNC1CC1CC. The summed E-state index contributed by atoms with van der Waals surface area (Å²) >= 11 is 0. The summed E-state index contributed by atoms with van der Waals surface area (Å²) in [5.41, 5.74) is 0. The Labute approximate surface area is 63.2 Å². The second-order valence-corrected chi connectivity index (χ2v) is 2.82. The lowest BCUT2D eigenvalue weighted by molar-refractivity contribution is 0.666. The van der Waals surface area contributed by atoms with Crippen LogP contribution in [-0.4, -0.2) is 12.6 Å². The molecule has 1 N–H and O–H groups in total. The smallest absolute Gasteiger partial charge is 0.0578 e. The molecule has 0 aromatic heterocycles. The molecule has 1 rings (SSSR count). The van der Waals surface area contributed by atoms with Gasteiger partial charge in [-0.25, -0.2) is 0 Å². The fraction of sp³-hybridized carbons (Fsp3) is 0.778. The lowest BCUT2D eigenvalue weighted by Crippen LogP contribution is -2.17. The number of nitrogens with one attached hydrogen (secondary N) is 1. The molecule has 0 aromatic carbocycles. The molecular formula is C9H15N. The van der Waals surface area contributed by atoms with E-state index in [0.717, 1.165) is 18.5 Å². The Bertz CT molecular complexity index is 152. The first kappa shape index (κ1) is 7.63. The van der Waals surface area contributed by atoms with Crippen molar-refractivity contribution >= 4 is 0 Å². The van der Waals surface area contributed by atoms with Crippen LogP contribution in [0.3, 0.4) is 0 Å². The van der Waals surface area contributed by atoms with Gasteiger partial charge in [-0.3, -0.25) is 0 Å². The van der Waals surface area contributed by atoms with E-state index in [-0.39, 0.29) is 0 Å². The molecule has 0 bridgehead atoms. The van der Waals surface area contributed by atoms with Gasteiger partial charge in [-0.05, 0) is 19.3 Å². The highest BCUT2D eigenvalue weighted by molar-refractivity contribution is 5.01. The molecule has 0 heterocycles. The number of hydrogen-bond acceptors (Lipinski definition) is 1. The minimum absolute atomic E-state index is 0.783. The van der Waals surface area contributed by atoms with Crippen LogP contribution in [0.2, 0.25) is 0 Å². The second kappa shape index (κ2) is 3.63. The largest absolute Gasteiger partial charge is 0.303 e. The molecule has 0 amide bonds. The van der Waals surface area contributed by atoms with Gasteiger partial charge in [0.2, 0.25) is 0 Å². The van der Waals surface area contributed by atoms with Gasteiger partial charge in [0.05, 0.1) is 6.54 Å². The van der Waals surface area contributed by atoms with Crippen LogP contribution in [0.15, 0.2) is 0 Å². The van der Waals surface area contributed by atoms with Gasteiger partial charge in [-0.1, -0.05) is 19.3 Å². The fourth-order valence-electron chi connectivity index (χ4n) is 1.22. The topological polar surface area (TPSA) is 12.0 Å². The first-order valence-electron chi connectivity index (χ1n) is 4.01. The van der Waals surface area contributed by atoms with Gasteiger partial charge < -0.3 is 5.32 Å². The molecule has 1 heteroatoms. The Morgan fingerprint density at radius 3 is 2.90 bits per heavy atom. The second-order valence-electron chi connectivity index (χ2n) is 2.82. The van der Waals surface area contributed by atoms with Crippen molar-refractivity contribution in [2.75, 3.05) is 6.54 Å². The molecule has 10 heavy (non-hydrogen) atoms. The Balaban J connectivity index is 2.00. The maximum absolute atomic E-state index is 3.38. The van der Waals surface area contributed by atoms with Crippen LogP contribution in [0.25, 0.3) is 0 Å². The summed E-state index contributed by atoms with van der Waals surface area (Å²) in [5, 5.41) is 3.38. The summed E-state index contributed by atoms with van der Waals surface area (Å²) in [6.07, 6.45) is 2.68. The van der Waals surface area contributed by atoms with Crippen molar-refractivity contribution < 1.29 is 0 Å². The van der Waals surface area contributed by atoms with Crippen molar-refractivity contribution in [2.24, 2.45) is 5.92 Å². The summed E-state index contributed by atoms with van der Waals surface area (Å²) in [6, 6.07) is 0.783. The molecule has 0 spiro atoms. The first-order chi connectivity index (χ1) is 4.88. The molecule has 0 aliphatic heterocycles. The molecule has 2 unspecified atom stereocenters. The average Bonchev–Trinajstić information content (AvgIpc) is 2.68. The predicted molar refractivity (Wildman–Crippen MR) is 43.6 cm³/mol. The van der Waals surface area contributed by atoms with E-state index in [0.29, 0.717) is 0 Å². The normalized spacial score (nSPS) is 29.0. The van der Waals surface area contributed by atoms with E-state index < -0.39 is 0 Å². The van der Waals surface area contributed by atoms with Gasteiger partial charge >= 0.3 is 0 Å². The van der Waals surface area contributed by atoms with Gasteiger partial charge in [0.25, 0.3) is 0 Å². The molecule has 0 radical (unpaired) electrons. The zero-order valence-electron chi connectivity index (χ0n) is 6.78. The standard InChI is InChI=1S/C9H15N/c1-3-5-6-10-9-7-8(9)4-2/h8-10H,4,6-7H2,1-2H3. The van der Waals surface area contributed by atoms with Gasteiger partial charge in [0.1, 0.15) is 0 Å². The Morgan fingerprint density at radius 2 is 2.40 bits per heavy atom. The fourth-order valence-corrected chi connectivity index (χ4v) is 1.22. The lowest BCUT2D eigenvalue weighted by Gasteiger charge is -1.94. The molecule has 0 saturated heterocycles. The summed E-state index contributed by atoms with van der Waals surface area (Å²) in [4.78, 5) is 0. The number of hydrogen-bond donors (Lipinski definition) is 1. The molecule has 1 nitrogen and oxygen atoms in total. The molecule has 2 atom stereocenters. The van der Waals surface area contributed by atoms with E-state index in [1.165, 1.54) is 12.8 Å². The van der Waals surface area contributed by atoms with Crippen molar-refractivity contribution in [1.29, 1.82) is 0 Å². The van der Waals surface area contributed by atoms with E-state index >= 15 is 0 Å². The van der Waals surface area contributed by atoms with Gasteiger partial charge in [-0.2, -0.15) is 0 Å². The van der Waals surface area contributed by atoms with Gasteiger partial charge in [-0.15, -0.1) is 5.92 Å².